The number of amides is 2. The fourth-order valence-electron chi connectivity index (χ4n) is 4.80. The number of likely N-dealkylation sites (tertiary alicyclic amines) is 1. The second-order valence-electron chi connectivity index (χ2n) is 9.08. The van der Waals surface area contributed by atoms with Crippen LogP contribution in [0.1, 0.15) is 55.8 Å². The Hall–Kier alpha value is -3.22. The molecular weight excluding hydrogens is 402 g/mol. The van der Waals surface area contributed by atoms with E-state index in [-0.39, 0.29) is 23.8 Å². The summed E-state index contributed by atoms with van der Waals surface area (Å²) in [7, 11) is 1.94. The molecule has 1 aromatic carbocycles. The summed E-state index contributed by atoms with van der Waals surface area (Å²) in [5, 5.41) is 3.12. The van der Waals surface area contributed by atoms with Crippen molar-refractivity contribution in [1.29, 1.82) is 0 Å². The average molecular weight is 432 g/mol. The Balaban J connectivity index is 1.60. The lowest BCUT2D eigenvalue weighted by atomic mass is 9.85. The number of nitrogens with zero attached hydrogens (tertiary/aromatic N) is 4. The van der Waals surface area contributed by atoms with E-state index in [1.807, 2.05) is 40.8 Å². The van der Waals surface area contributed by atoms with Crippen LogP contribution in [0.4, 0.5) is 5.69 Å². The lowest BCUT2D eigenvalue weighted by Gasteiger charge is -2.33. The molecule has 5 rings (SSSR count). The number of anilines is 1. The first-order valence-electron chi connectivity index (χ1n) is 11.6. The second-order valence-corrected chi connectivity index (χ2v) is 9.08. The SMILES string of the molecule is C[C@H]1CCCCN1C(=O)c1cc(NC(=O)C2CCC2)c2c(c1)nc(-c1ccncc1)n2C. The second kappa shape index (κ2) is 8.37. The number of benzene rings is 1. The molecule has 3 heterocycles. The Kier molecular flexibility index (Phi) is 5.41. The van der Waals surface area contributed by atoms with Crippen molar-refractivity contribution in [2.45, 2.75) is 51.5 Å². The topological polar surface area (TPSA) is 80.1 Å². The largest absolute Gasteiger partial charge is 0.336 e. The first-order chi connectivity index (χ1) is 15.5. The van der Waals surface area contributed by atoms with Gasteiger partial charge in [-0.15, -0.1) is 0 Å². The van der Waals surface area contributed by atoms with E-state index in [1.165, 1.54) is 0 Å². The van der Waals surface area contributed by atoms with Gasteiger partial charge in [0.25, 0.3) is 5.91 Å². The molecule has 0 radical (unpaired) electrons. The van der Waals surface area contributed by atoms with Gasteiger partial charge in [-0.3, -0.25) is 14.6 Å². The molecule has 1 atom stereocenters. The molecular formula is C25H29N5O2. The van der Waals surface area contributed by atoms with Crippen molar-refractivity contribution in [2.24, 2.45) is 13.0 Å². The molecule has 3 aromatic rings. The number of hydrogen-bond acceptors (Lipinski definition) is 4. The lowest BCUT2D eigenvalue weighted by molar-refractivity contribution is -0.122. The number of carbonyl (C=O) groups excluding carboxylic acids is 2. The number of pyridine rings is 1. The monoisotopic (exact) mass is 431 g/mol. The smallest absolute Gasteiger partial charge is 0.254 e. The minimum absolute atomic E-state index is 0.00866. The number of hydrogen-bond donors (Lipinski definition) is 1. The van der Waals surface area contributed by atoms with Gasteiger partial charge in [0.15, 0.2) is 0 Å². The Morgan fingerprint density at radius 2 is 1.84 bits per heavy atom. The van der Waals surface area contributed by atoms with Crippen LogP contribution >= 0.6 is 0 Å². The number of carbonyl (C=O) groups is 2. The van der Waals surface area contributed by atoms with Gasteiger partial charge in [-0.25, -0.2) is 4.98 Å². The predicted molar refractivity (Wildman–Crippen MR) is 124 cm³/mol. The quantitative estimate of drug-likeness (QED) is 0.664. The molecule has 1 saturated carbocycles. The summed E-state index contributed by atoms with van der Waals surface area (Å²) < 4.78 is 1.98. The van der Waals surface area contributed by atoms with Crippen molar-refractivity contribution in [3.05, 3.63) is 42.2 Å². The van der Waals surface area contributed by atoms with E-state index in [2.05, 4.69) is 17.2 Å². The lowest BCUT2D eigenvalue weighted by Crippen LogP contribution is -2.42. The summed E-state index contributed by atoms with van der Waals surface area (Å²) in [6, 6.07) is 7.74. The third-order valence-corrected chi connectivity index (χ3v) is 6.95. The minimum atomic E-state index is 0.00866. The van der Waals surface area contributed by atoms with Crippen LogP contribution in [-0.2, 0) is 11.8 Å². The van der Waals surface area contributed by atoms with Crippen LogP contribution in [0.3, 0.4) is 0 Å². The van der Waals surface area contributed by atoms with Gasteiger partial charge < -0.3 is 14.8 Å². The van der Waals surface area contributed by atoms with Crippen LogP contribution in [0.5, 0.6) is 0 Å². The molecule has 1 N–H and O–H groups in total. The van der Waals surface area contributed by atoms with Crippen LogP contribution in [-0.4, -0.2) is 43.8 Å². The average Bonchev–Trinajstić information content (AvgIpc) is 3.09. The van der Waals surface area contributed by atoms with Gasteiger partial charge >= 0.3 is 0 Å². The van der Waals surface area contributed by atoms with E-state index in [0.29, 0.717) is 16.8 Å². The molecule has 7 heteroatoms. The van der Waals surface area contributed by atoms with Gasteiger partial charge in [0.1, 0.15) is 5.82 Å². The Bertz CT molecular complexity index is 1170. The molecule has 0 unspecified atom stereocenters. The molecule has 166 valence electrons. The summed E-state index contributed by atoms with van der Waals surface area (Å²) >= 11 is 0. The maximum atomic E-state index is 13.4. The van der Waals surface area contributed by atoms with Crippen LogP contribution in [0, 0.1) is 5.92 Å². The number of rotatable bonds is 4. The normalized spacial score (nSPS) is 19.1. The Morgan fingerprint density at radius 1 is 1.06 bits per heavy atom. The molecule has 7 nitrogen and oxygen atoms in total. The molecule has 1 aliphatic carbocycles. The number of fused-ring (bicyclic) bond motifs is 1. The van der Waals surface area contributed by atoms with Crippen LogP contribution in [0.2, 0.25) is 0 Å². The molecule has 1 aliphatic heterocycles. The van der Waals surface area contributed by atoms with Gasteiger partial charge in [-0.1, -0.05) is 6.42 Å². The minimum Gasteiger partial charge on any atom is -0.336 e. The highest BCUT2D eigenvalue weighted by Gasteiger charge is 2.29. The van der Waals surface area contributed by atoms with Crippen LogP contribution in [0.25, 0.3) is 22.4 Å². The summed E-state index contributed by atoms with van der Waals surface area (Å²) in [4.78, 5) is 37.1. The fraction of sp³-hybridized carbons (Fsp3) is 0.440. The summed E-state index contributed by atoms with van der Waals surface area (Å²) in [5.74, 6) is 0.867. The summed E-state index contributed by atoms with van der Waals surface area (Å²) in [6.07, 6.45) is 9.62. The number of aryl methyl sites for hydroxylation is 1. The van der Waals surface area contributed by atoms with Crippen LogP contribution in [0.15, 0.2) is 36.7 Å². The molecule has 0 spiro atoms. The van der Waals surface area contributed by atoms with Crippen molar-refractivity contribution in [3.63, 3.8) is 0 Å². The summed E-state index contributed by atoms with van der Waals surface area (Å²) in [5.41, 5.74) is 3.70. The molecule has 0 bridgehead atoms. The van der Waals surface area contributed by atoms with Crippen LogP contribution < -0.4 is 5.32 Å². The van der Waals surface area contributed by atoms with E-state index < -0.39 is 0 Å². The Morgan fingerprint density at radius 3 is 2.53 bits per heavy atom. The third kappa shape index (κ3) is 3.66. The van der Waals surface area contributed by atoms with Gasteiger partial charge in [-0.2, -0.15) is 0 Å². The number of aromatic nitrogens is 3. The molecule has 2 aromatic heterocycles. The molecule has 2 fully saturated rings. The highest BCUT2D eigenvalue weighted by atomic mass is 16.2. The van der Waals surface area contributed by atoms with E-state index in [0.717, 1.165) is 62.0 Å². The van der Waals surface area contributed by atoms with Crippen molar-refractivity contribution in [3.8, 4) is 11.4 Å². The first kappa shape index (κ1) is 20.7. The van der Waals surface area contributed by atoms with E-state index >= 15 is 0 Å². The Labute approximate surface area is 187 Å². The number of nitrogens with one attached hydrogen (secondary N) is 1. The zero-order valence-electron chi connectivity index (χ0n) is 18.7. The highest BCUT2D eigenvalue weighted by molar-refractivity contribution is 6.06. The highest BCUT2D eigenvalue weighted by Crippen LogP contribution is 2.33. The van der Waals surface area contributed by atoms with Gasteiger partial charge in [0, 0.05) is 49.1 Å². The van der Waals surface area contributed by atoms with E-state index in [1.54, 1.807) is 12.4 Å². The summed E-state index contributed by atoms with van der Waals surface area (Å²) in [6.45, 7) is 2.88. The maximum absolute atomic E-state index is 13.4. The van der Waals surface area contributed by atoms with E-state index in [9.17, 15) is 9.59 Å². The zero-order chi connectivity index (χ0) is 22.2. The zero-order valence-corrected chi connectivity index (χ0v) is 18.7. The first-order valence-corrected chi connectivity index (χ1v) is 11.6. The molecule has 2 aliphatic rings. The maximum Gasteiger partial charge on any atom is 0.254 e. The van der Waals surface area contributed by atoms with Gasteiger partial charge in [0.05, 0.1) is 16.7 Å². The van der Waals surface area contributed by atoms with Crippen molar-refractivity contribution < 1.29 is 9.59 Å². The number of imidazole rings is 1. The van der Waals surface area contributed by atoms with Crippen molar-refractivity contribution >= 4 is 28.5 Å². The number of piperidine rings is 1. The third-order valence-electron chi connectivity index (χ3n) is 6.95. The molecule has 32 heavy (non-hydrogen) atoms. The van der Waals surface area contributed by atoms with Gasteiger partial charge in [0.2, 0.25) is 5.91 Å². The molecule has 1 saturated heterocycles. The predicted octanol–water partition coefficient (Wildman–Crippen LogP) is 4.39. The van der Waals surface area contributed by atoms with Crippen molar-refractivity contribution in [1.82, 2.24) is 19.4 Å². The van der Waals surface area contributed by atoms with Gasteiger partial charge in [-0.05, 0) is 63.3 Å². The van der Waals surface area contributed by atoms with E-state index in [4.69, 9.17) is 4.98 Å². The molecule has 2 amide bonds. The van der Waals surface area contributed by atoms with Crippen molar-refractivity contribution in [2.75, 3.05) is 11.9 Å². The fourth-order valence-corrected chi connectivity index (χ4v) is 4.80. The standard InChI is InChI=1S/C25H29N5O2/c1-16-6-3-4-13-30(16)25(32)19-14-20-22(21(15-19)28-24(31)18-7-5-8-18)29(2)23(27-20)17-9-11-26-12-10-17/h9-12,14-16,18H,3-8,13H2,1-2H3,(H,28,31)/t16-/m0/s1.